The molecule has 1 aliphatic heterocycles. The SMILES string of the molecule is N#Cc1cccc(COC(=O)c2cc([N+](=O)[O-])ccc2N2CCCC2)c1. The highest BCUT2D eigenvalue weighted by Gasteiger charge is 2.23. The number of carbonyl (C=O) groups is 1. The molecule has 2 aromatic rings. The summed E-state index contributed by atoms with van der Waals surface area (Å²) in [4.78, 5) is 25.2. The highest BCUT2D eigenvalue weighted by molar-refractivity contribution is 5.96. The lowest BCUT2D eigenvalue weighted by atomic mass is 10.1. The first kappa shape index (κ1) is 17.4. The van der Waals surface area contributed by atoms with E-state index in [9.17, 15) is 14.9 Å². The molecule has 1 heterocycles. The molecule has 0 N–H and O–H groups in total. The number of carbonyl (C=O) groups excluding carboxylic acids is 1. The van der Waals surface area contributed by atoms with E-state index >= 15 is 0 Å². The molecule has 1 fully saturated rings. The Balaban J connectivity index is 1.83. The third-order valence-corrected chi connectivity index (χ3v) is 4.28. The Morgan fingerprint density at radius 2 is 2.00 bits per heavy atom. The van der Waals surface area contributed by atoms with E-state index in [-0.39, 0.29) is 17.9 Å². The fraction of sp³-hybridized carbons (Fsp3) is 0.263. The molecule has 1 saturated heterocycles. The van der Waals surface area contributed by atoms with Crippen LogP contribution in [0, 0.1) is 21.4 Å². The molecule has 26 heavy (non-hydrogen) atoms. The van der Waals surface area contributed by atoms with Crippen molar-refractivity contribution in [1.82, 2.24) is 0 Å². The van der Waals surface area contributed by atoms with Crippen LogP contribution in [-0.4, -0.2) is 24.0 Å². The minimum atomic E-state index is -0.613. The van der Waals surface area contributed by atoms with Crippen LogP contribution in [0.1, 0.15) is 34.3 Å². The zero-order chi connectivity index (χ0) is 18.5. The van der Waals surface area contributed by atoms with Crippen LogP contribution in [0.4, 0.5) is 11.4 Å². The molecular weight excluding hydrogens is 334 g/mol. The fourth-order valence-corrected chi connectivity index (χ4v) is 2.99. The van der Waals surface area contributed by atoms with Crippen LogP contribution in [0.25, 0.3) is 0 Å². The number of nitriles is 1. The molecule has 3 rings (SSSR count). The van der Waals surface area contributed by atoms with Crippen LogP contribution in [-0.2, 0) is 11.3 Å². The minimum absolute atomic E-state index is 0.00349. The van der Waals surface area contributed by atoms with Gasteiger partial charge in [0.1, 0.15) is 6.61 Å². The average Bonchev–Trinajstić information content (AvgIpc) is 3.20. The first-order valence-electron chi connectivity index (χ1n) is 8.28. The lowest BCUT2D eigenvalue weighted by Crippen LogP contribution is -2.21. The normalized spacial score (nSPS) is 13.3. The standard InChI is InChI=1S/C19H17N3O4/c20-12-14-4-3-5-15(10-14)13-26-19(23)17-11-16(22(24)25)6-7-18(17)21-8-1-2-9-21/h3-7,10-11H,1-2,8-9,13H2. The first-order chi connectivity index (χ1) is 12.6. The Morgan fingerprint density at radius 1 is 1.23 bits per heavy atom. The smallest absolute Gasteiger partial charge is 0.340 e. The molecule has 0 bridgehead atoms. The second-order valence-electron chi connectivity index (χ2n) is 6.04. The third kappa shape index (κ3) is 3.81. The lowest BCUT2D eigenvalue weighted by molar-refractivity contribution is -0.384. The number of hydrogen-bond donors (Lipinski definition) is 0. The first-order valence-corrected chi connectivity index (χ1v) is 8.28. The predicted octanol–water partition coefficient (Wildman–Crippen LogP) is 3.42. The van der Waals surface area contributed by atoms with E-state index in [2.05, 4.69) is 0 Å². The number of nitro groups is 1. The number of nitro benzene ring substituents is 1. The van der Waals surface area contributed by atoms with Crippen molar-refractivity contribution in [2.75, 3.05) is 18.0 Å². The Morgan fingerprint density at radius 3 is 2.69 bits per heavy atom. The van der Waals surface area contributed by atoms with Crippen molar-refractivity contribution in [2.45, 2.75) is 19.4 Å². The van der Waals surface area contributed by atoms with E-state index in [1.165, 1.54) is 12.1 Å². The van der Waals surface area contributed by atoms with Gasteiger partial charge in [-0.05, 0) is 36.6 Å². The molecule has 0 atom stereocenters. The van der Waals surface area contributed by atoms with E-state index in [1.54, 1.807) is 30.3 Å². The summed E-state index contributed by atoms with van der Waals surface area (Å²) in [7, 11) is 0. The summed E-state index contributed by atoms with van der Waals surface area (Å²) in [6.45, 7) is 1.61. The van der Waals surface area contributed by atoms with Crippen LogP contribution < -0.4 is 4.90 Å². The van der Waals surface area contributed by atoms with Gasteiger partial charge in [-0.25, -0.2) is 4.79 Å². The Kier molecular flexibility index (Phi) is 5.13. The highest BCUT2D eigenvalue weighted by atomic mass is 16.6. The Hall–Kier alpha value is -3.40. The second-order valence-corrected chi connectivity index (χ2v) is 6.04. The van der Waals surface area contributed by atoms with E-state index in [1.807, 2.05) is 11.0 Å². The number of benzene rings is 2. The molecule has 0 unspecified atom stereocenters. The van der Waals surface area contributed by atoms with E-state index in [0.717, 1.165) is 25.9 Å². The maximum atomic E-state index is 12.6. The number of non-ortho nitro benzene ring substituents is 1. The number of rotatable bonds is 5. The minimum Gasteiger partial charge on any atom is -0.457 e. The van der Waals surface area contributed by atoms with Gasteiger partial charge in [-0.2, -0.15) is 5.26 Å². The number of nitrogens with zero attached hydrogens (tertiary/aromatic N) is 3. The van der Waals surface area contributed by atoms with Gasteiger partial charge in [-0.3, -0.25) is 10.1 Å². The van der Waals surface area contributed by atoms with Gasteiger partial charge >= 0.3 is 5.97 Å². The summed E-state index contributed by atoms with van der Waals surface area (Å²) in [5.41, 5.74) is 1.87. The van der Waals surface area contributed by atoms with Gasteiger partial charge in [0.25, 0.3) is 5.69 Å². The number of ether oxygens (including phenoxy) is 1. The van der Waals surface area contributed by atoms with Crippen molar-refractivity contribution in [1.29, 1.82) is 5.26 Å². The van der Waals surface area contributed by atoms with Crippen LogP contribution in [0.3, 0.4) is 0 Å². The predicted molar refractivity (Wildman–Crippen MR) is 94.8 cm³/mol. The van der Waals surface area contributed by atoms with Crippen LogP contribution >= 0.6 is 0 Å². The molecule has 0 aliphatic carbocycles. The summed E-state index contributed by atoms with van der Waals surface area (Å²) in [5, 5.41) is 20.0. The molecule has 0 radical (unpaired) electrons. The maximum absolute atomic E-state index is 12.6. The van der Waals surface area contributed by atoms with Crippen molar-refractivity contribution in [3.8, 4) is 6.07 Å². The highest BCUT2D eigenvalue weighted by Crippen LogP contribution is 2.29. The van der Waals surface area contributed by atoms with E-state index in [0.29, 0.717) is 16.8 Å². The van der Waals surface area contributed by atoms with Crippen molar-refractivity contribution in [3.63, 3.8) is 0 Å². The van der Waals surface area contributed by atoms with Gasteiger partial charge in [-0.15, -0.1) is 0 Å². The average molecular weight is 351 g/mol. The quantitative estimate of drug-likeness (QED) is 0.465. The lowest BCUT2D eigenvalue weighted by Gasteiger charge is -2.20. The molecule has 7 heteroatoms. The fourth-order valence-electron chi connectivity index (χ4n) is 2.99. The number of hydrogen-bond acceptors (Lipinski definition) is 6. The topological polar surface area (TPSA) is 96.5 Å². The van der Waals surface area contributed by atoms with Gasteiger partial charge in [0.2, 0.25) is 0 Å². The monoisotopic (exact) mass is 351 g/mol. The Labute approximate surface area is 150 Å². The molecule has 0 amide bonds. The zero-order valence-corrected chi connectivity index (χ0v) is 14.1. The largest absolute Gasteiger partial charge is 0.457 e. The number of esters is 1. The second kappa shape index (κ2) is 7.66. The third-order valence-electron chi connectivity index (χ3n) is 4.28. The van der Waals surface area contributed by atoms with Gasteiger partial charge in [0.15, 0.2) is 0 Å². The summed E-state index contributed by atoms with van der Waals surface area (Å²) in [6, 6.07) is 13.1. The van der Waals surface area contributed by atoms with E-state index in [4.69, 9.17) is 10.00 Å². The van der Waals surface area contributed by atoms with E-state index < -0.39 is 10.9 Å². The molecule has 0 spiro atoms. The molecule has 0 aromatic heterocycles. The molecule has 2 aromatic carbocycles. The summed E-state index contributed by atoms with van der Waals surface area (Å²) >= 11 is 0. The molecule has 1 aliphatic rings. The van der Waals surface area contributed by atoms with Crippen molar-refractivity contribution in [2.24, 2.45) is 0 Å². The molecule has 7 nitrogen and oxygen atoms in total. The Bertz CT molecular complexity index is 883. The van der Waals surface area contributed by atoms with Crippen LogP contribution in [0.2, 0.25) is 0 Å². The maximum Gasteiger partial charge on any atom is 0.340 e. The van der Waals surface area contributed by atoms with Crippen molar-refractivity contribution < 1.29 is 14.5 Å². The van der Waals surface area contributed by atoms with Crippen LogP contribution in [0.5, 0.6) is 0 Å². The van der Waals surface area contributed by atoms with Gasteiger partial charge in [0, 0.05) is 25.2 Å². The van der Waals surface area contributed by atoms with Crippen molar-refractivity contribution >= 4 is 17.3 Å². The van der Waals surface area contributed by atoms with Crippen LogP contribution in [0.15, 0.2) is 42.5 Å². The molecule has 132 valence electrons. The molecular formula is C19H17N3O4. The zero-order valence-electron chi connectivity index (χ0n) is 14.1. The molecule has 0 saturated carbocycles. The summed E-state index contributed by atoms with van der Waals surface area (Å²) in [5.74, 6) is -0.613. The van der Waals surface area contributed by atoms with Crippen molar-refractivity contribution in [3.05, 3.63) is 69.3 Å². The van der Waals surface area contributed by atoms with Gasteiger partial charge in [0.05, 0.1) is 27.8 Å². The van der Waals surface area contributed by atoms with Gasteiger partial charge in [-0.1, -0.05) is 12.1 Å². The summed E-state index contributed by atoms with van der Waals surface area (Å²) in [6.07, 6.45) is 2.04. The number of anilines is 1. The summed E-state index contributed by atoms with van der Waals surface area (Å²) < 4.78 is 5.35. The van der Waals surface area contributed by atoms with Gasteiger partial charge < -0.3 is 9.64 Å².